The Bertz CT molecular complexity index is 912. The number of benzene rings is 2. The van der Waals surface area contributed by atoms with Gasteiger partial charge in [-0.2, -0.15) is 0 Å². The van der Waals surface area contributed by atoms with Crippen LogP contribution in [0.1, 0.15) is 21.7 Å². The largest absolute Gasteiger partial charge is 0.367 e. The lowest BCUT2D eigenvalue weighted by atomic mass is 10.1. The van der Waals surface area contributed by atoms with Crippen molar-refractivity contribution in [1.82, 2.24) is 4.98 Å². The molecule has 0 aliphatic carbocycles. The van der Waals surface area contributed by atoms with E-state index in [2.05, 4.69) is 4.98 Å². The Hall–Kier alpha value is -2.21. The maximum Gasteiger partial charge on any atom is 0.254 e. The summed E-state index contributed by atoms with van der Waals surface area (Å²) in [4.78, 5) is 19.6. The van der Waals surface area contributed by atoms with Crippen LogP contribution in [0.15, 0.2) is 54.6 Å². The highest BCUT2D eigenvalue weighted by Gasteiger charge is 2.17. The molecule has 0 N–H and O–H groups in total. The average molecular weight is 401 g/mol. The molecule has 0 fully saturated rings. The molecule has 0 radical (unpaired) electrons. The summed E-state index contributed by atoms with van der Waals surface area (Å²) < 4.78 is 5.54. The first-order valence-corrected chi connectivity index (χ1v) is 9.81. The van der Waals surface area contributed by atoms with Crippen LogP contribution in [-0.2, 0) is 22.6 Å². The third kappa shape index (κ3) is 5.39. The quantitative estimate of drug-likeness (QED) is 0.567. The standard InChI is InChI=1S/C21H21ClN2O2S/c1-15-19(12-17-9-6-10-18(22)11-17)27-21(23-15)24(2)20(25)14-26-13-16-7-4-3-5-8-16/h3-11H,12-14H2,1-2H3. The van der Waals surface area contributed by atoms with Crippen LogP contribution in [0.5, 0.6) is 0 Å². The predicted molar refractivity (Wildman–Crippen MR) is 111 cm³/mol. The van der Waals surface area contributed by atoms with Gasteiger partial charge in [-0.15, -0.1) is 11.3 Å². The summed E-state index contributed by atoms with van der Waals surface area (Å²) in [5, 5.41) is 1.40. The number of aryl methyl sites for hydroxylation is 1. The number of ether oxygens (including phenoxy) is 1. The molecular formula is C21H21ClN2O2S. The van der Waals surface area contributed by atoms with Crippen LogP contribution in [0, 0.1) is 6.92 Å². The van der Waals surface area contributed by atoms with Crippen molar-refractivity contribution < 1.29 is 9.53 Å². The number of halogens is 1. The number of anilines is 1. The second-order valence-corrected chi connectivity index (χ2v) is 7.74. The van der Waals surface area contributed by atoms with E-state index in [0.29, 0.717) is 11.7 Å². The molecule has 0 spiro atoms. The van der Waals surface area contributed by atoms with Crippen molar-refractivity contribution in [1.29, 1.82) is 0 Å². The first-order valence-electron chi connectivity index (χ1n) is 8.62. The first kappa shape index (κ1) is 19.5. The van der Waals surface area contributed by atoms with Gasteiger partial charge in [-0.05, 0) is 30.2 Å². The Kier molecular flexibility index (Phi) is 6.61. The number of nitrogens with zero attached hydrogens (tertiary/aromatic N) is 2. The molecule has 0 atom stereocenters. The number of hydrogen-bond acceptors (Lipinski definition) is 4. The van der Waals surface area contributed by atoms with Gasteiger partial charge >= 0.3 is 0 Å². The van der Waals surface area contributed by atoms with E-state index in [1.165, 1.54) is 11.3 Å². The number of hydrogen-bond donors (Lipinski definition) is 0. The van der Waals surface area contributed by atoms with Gasteiger partial charge in [0.2, 0.25) is 0 Å². The summed E-state index contributed by atoms with van der Waals surface area (Å²) in [5.41, 5.74) is 3.10. The molecule has 4 nitrogen and oxygen atoms in total. The zero-order chi connectivity index (χ0) is 19.2. The molecule has 1 amide bonds. The summed E-state index contributed by atoms with van der Waals surface area (Å²) in [7, 11) is 1.73. The third-order valence-electron chi connectivity index (χ3n) is 4.13. The molecule has 0 unspecified atom stereocenters. The van der Waals surface area contributed by atoms with Crippen molar-refractivity contribution in [3.63, 3.8) is 0 Å². The minimum atomic E-state index is -0.117. The number of rotatable bonds is 7. The third-order valence-corrected chi connectivity index (χ3v) is 5.60. The summed E-state index contributed by atoms with van der Waals surface area (Å²) in [6.45, 7) is 2.40. The molecule has 0 aliphatic heterocycles. The number of amides is 1. The summed E-state index contributed by atoms with van der Waals surface area (Å²) in [6.07, 6.45) is 0.747. The van der Waals surface area contributed by atoms with Crippen LogP contribution in [0.2, 0.25) is 5.02 Å². The number of carbonyl (C=O) groups is 1. The molecule has 6 heteroatoms. The van der Waals surface area contributed by atoms with Gasteiger partial charge in [0, 0.05) is 23.4 Å². The second kappa shape index (κ2) is 9.13. The van der Waals surface area contributed by atoms with Crippen LogP contribution < -0.4 is 4.90 Å². The Morgan fingerprint density at radius 1 is 1.15 bits per heavy atom. The summed E-state index contributed by atoms with van der Waals surface area (Å²) >= 11 is 7.58. The maximum atomic E-state index is 12.4. The number of aromatic nitrogens is 1. The highest BCUT2D eigenvalue weighted by atomic mass is 35.5. The molecule has 3 rings (SSSR count). The molecule has 0 bridgehead atoms. The topological polar surface area (TPSA) is 42.4 Å². The van der Waals surface area contributed by atoms with Crippen molar-refractivity contribution in [3.05, 3.63) is 81.3 Å². The zero-order valence-corrected chi connectivity index (χ0v) is 16.9. The Morgan fingerprint density at radius 3 is 2.63 bits per heavy atom. The Morgan fingerprint density at radius 2 is 1.89 bits per heavy atom. The molecule has 1 heterocycles. The van der Waals surface area contributed by atoms with Crippen LogP contribution in [0.4, 0.5) is 5.13 Å². The van der Waals surface area contributed by atoms with Crippen LogP contribution in [0.3, 0.4) is 0 Å². The first-order chi connectivity index (χ1) is 13.0. The predicted octanol–water partition coefficient (Wildman–Crippen LogP) is 4.88. The molecule has 0 aliphatic rings. The highest BCUT2D eigenvalue weighted by Crippen LogP contribution is 2.28. The Balaban J connectivity index is 1.59. The second-order valence-electron chi connectivity index (χ2n) is 6.24. The summed E-state index contributed by atoms with van der Waals surface area (Å²) in [5.74, 6) is -0.117. The van der Waals surface area contributed by atoms with Crippen LogP contribution in [0.25, 0.3) is 0 Å². The van der Waals surface area contributed by atoms with Gasteiger partial charge in [0.25, 0.3) is 5.91 Å². The normalized spacial score (nSPS) is 10.8. The zero-order valence-electron chi connectivity index (χ0n) is 15.3. The fourth-order valence-corrected chi connectivity index (χ4v) is 3.87. The van der Waals surface area contributed by atoms with E-state index in [0.717, 1.165) is 33.1 Å². The highest BCUT2D eigenvalue weighted by molar-refractivity contribution is 7.16. The average Bonchev–Trinajstić information content (AvgIpc) is 3.02. The van der Waals surface area contributed by atoms with Crippen LogP contribution >= 0.6 is 22.9 Å². The smallest absolute Gasteiger partial charge is 0.254 e. The van der Waals surface area contributed by atoms with Gasteiger partial charge in [0.1, 0.15) is 6.61 Å². The molecule has 1 aromatic heterocycles. The van der Waals surface area contributed by atoms with E-state index in [9.17, 15) is 4.79 Å². The molecule has 3 aromatic rings. The van der Waals surface area contributed by atoms with Gasteiger partial charge in [0.05, 0.1) is 12.3 Å². The number of thiazole rings is 1. The van der Waals surface area contributed by atoms with Gasteiger partial charge < -0.3 is 4.74 Å². The lowest BCUT2D eigenvalue weighted by Crippen LogP contribution is -2.30. The maximum absolute atomic E-state index is 12.4. The summed E-state index contributed by atoms with van der Waals surface area (Å²) in [6, 6.07) is 17.6. The molecule has 140 valence electrons. The minimum absolute atomic E-state index is 0.0215. The van der Waals surface area contributed by atoms with Crippen LogP contribution in [-0.4, -0.2) is 24.5 Å². The molecule has 27 heavy (non-hydrogen) atoms. The van der Waals surface area contributed by atoms with Crippen molar-refractivity contribution in [2.45, 2.75) is 20.0 Å². The van der Waals surface area contributed by atoms with Gasteiger partial charge in [-0.25, -0.2) is 4.98 Å². The van der Waals surface area contributed by atoms with Crippen molar-refractivity contribution >= 4 is 34.0 Å². The van der Waals surface area contributed by atoms with E-state index in [-0.39, 0.29) is 12.5 Å². The lowest BCUT2D eigenvalue weighted by molar-refractivity contribution is -0.123. The van der Waals surface area contributed by atoms with E-state index in [1.54, 1.807) is 11.9 Å². The lowest BCUT2D eigenvalue weighted by Gasteiger charge is -2.13. The molecule has 0 saturated heterocycles. The van der Waals surface area contributed by atoms with E-state index in [1.807, 2.05) is 61.5 Å². The monoisotopic (exact) mass is 400 g/mol. The van der Waals surface area contributed by atoms with E-state index in [4.69, 9.17) is 16.3 Å². The van der Waals surface area contributed by atoms with Crippen molar-refractivity contribution in [2.24, 2.45) is 0 Å². The van der Waals surface area contributed by atoms with E-state index >= 15 is 0 Å². The SMILES string of the molecule is Cc1nc(N(C)C(=O)COCc2ccccc2)sc1Cc1cccc(Cl)c1. The van der Waals surface area contributed by atoms with E-state index < -0.39 is 0 Å². The van der Waals surface area contributed by atoms with Crippen molar-refractivity contribution in [3.8, 4) is 0 Å². The molecular weight excluding hydrogens is 380 g/mol. The minimum Gasteiger partial charge on any atom is -0.367 e. The molecule has 0 saturated carbocycles. The number of carbonyl (C=O) groups excluding carboxylic acids is 1. The van der Waals surface area contributed by atoms with Gasteiger partial charge in [0.15, 0.2) is 5.13 Å². The van der Waals surface area contributed by atoms with Gasteiger partial charge in [-0.3, -0.25) is 9.69 Å². The fraction of sp³-hybridized carbons (Fsp3) is 0.238. The van der Waals surface area contributed by atoms with Crippen molar-refractivity contribution in [2.75, 3.05) is 18.6 Å². The van der Waals surface area contributed by atoms with Gasteiger partial charge in [-0.1, -0.05) is 54.1 Å². The fourth-order valence-electron chi connectivity index (χ4n) is 2.59. The molecule has 2 aromatic carbocycles. The number of likely N-dealkylation sites (N-methyl/N-ethyl adjacent to an activating group) is 1. The Labute approximate surface area is 168 Å².